The molecular weight excluding hydrogens is 376 g/mol. The molecule has 150 valence electrons. The molecule has 2 amide bonds. The van der Waals surface area contributed by atoms with Crippen molar-refractivity contribution in [2.24, 2.45) is 0 Å². The van der Waals surface area contributed by atoms with Gasteiger partial charge in [0.2, 0.25) is 5.91 Å². The minimum absolute atomic E-state index is 0.0836. The number of hydrogen-bond donors (Lipinski definition) is 1. The summed E-state index contributed by atoms with van der Waals surface area (Å²) in [5.74, 6) is 0.247. The summed E-state index contributed by atoms with van der Waals surface area (Å²) in [4.78, 5) is 29.0. The van der Waals surface area contributed by atoms with Crippen molar-refractivity contribution in [1.29, 1.82) is 0 Å². The molecule has 0 unspecified atom stereocenters. The Morgan fingerprint density at radius 2 is 1.96 bits per heavy atom. The molecule has 0 radical (unpaired) electrons. The van der Waals surface area contributed by atoms with Gasteiger partial charge in [-0.05, 0) is 35.6 Å². The highest BCUT2D eigenvalue weighted by Gasteiger charge is 2.43. The first-order valence-electron chi connectivity index (χ1n) is 9.37. The van der Waals surface area contributed by atoms with E-state index in [1.54, 1.807) is 42.5 Å². The monoisotopic (exact) mass is 402 g/mol. The summed E-state index contributed by atoms with van der Waals surface area (Å²) in [6.07, 6.45) is 1.91. The van der Waals surface area contributed by atoms with E-state index in [2.05, 4.69) is 12.2 Å². The number of benzene rings is 1. The smallest absolute Gasteiger partial charge is 0.254 e. The van der Waals surface area contributed by atoms with Crippen LogP contribution in [0.1, 0.15) is 52.5 Å². The van der Waals surface area contributed by atoms with Crippen LogP contribution in [0.25, 0.3) is 0 Å². The number of unbranched alkanes of at least 4 members (excludes halogenated alkanes) is 1. The van der Waals surface area contributed by atoms with E-state index in [9.17, 15) is 9.59 Å². The topological polar surface area (TPSA) is 67.9 Å². The molecule has 1 aliphatic heterocycles. The lowest BCUT2D eigenvalue weighted by Crippen LogP contribution is -2.45. The molecule has 1 aromatic heterocycles. The zero-order valence-corrected chi connectivity index (χ0v) is 17.5. The molecule has 7 heteroatoms. The summed E-state index contributed by atoms with van der Waals surface area (Å²) in [5.41, 5.74) is 1.15. The standard InChI is InChI=1S/C21H26N2O4S/c1-5-6-9-22-20(24)18-13-11-15(26-3)16(27-4)12-14(13)21(25)23(2)19(18)17-8-7-10-28-17/h7-8,10-12,18-19H,5-6,9H2,1-4H3,(H,22,24)/t18-,19+/m1/s1. The fraction of sp³-hybridized carbons (Fsp3) is 0.429. The van der Waals surface area contributed by atoms with Gasteiger partial charge in [-0.2, -0.15) is 0 Å². The molecule has 2 heterocycles. The van der Waals surface area contributed by atoms with Crippen LogP contribution in [0.2, 0.25) is 0 Å². The minimum atomic E-state index is -0.520. The molecule has 0 spiro atoms. The third-order valence-electron chi connectivity index (χ3n) is 5.12. The zero-order chi connectivity index (χ0) is 20.3. The number of hydrogen-bond acceptors (Lipinski definition) is 5. The second kappa shape index (κ2) is 8.65. The molecule has 3 rings (SSSR count). The van der Waals surface area contributed by atoms with Crippen molar-refractivity contribution in [2.45, 2.75) is 31.7 Å². The van der Waals surface area contributed by atoms with Gasteiger partial charge in [-0.25, -0.2) is 0 Å². The number of ether oxygens (including phenoxy) is 2. The van der Waals surface area contributed by atoms with E-state index in [4.69, 9.17) is 9.47 Å². The number of nitrogens with one attached hydrogen (secondary N) is 1. The maximum atomic E-state index is 13.2. The van der Waals surface area contributed by atoms with Gasteiger partial charge in [0.1, 0.15) is 0 Å². The summed E-state index contributed by atoms with van der Waals surface area (Å²) < 4.78 is 10.8. The molecule has 1 aromatic carbocycles. The van der Waals surface area contributed by atoms with Crippen LogP contribution in [-0.4, -0.2) is 44.5 Å². The fourth-order valence-electron chi connectivity index (χ4n) is 3.64. The number of nitrogens with zero attached hydrogens (tertiary/aromatic N) is 1. The molecule has 6 nitrogen and oxygen atoms in total. The van der Waals surface area contributed by atoms with E-state index in [0.717, 1.165) is 17.7 Å². The van der Waals surface area contributed by atoms with Crippen LogP contribution in [0.5, 0.6) is 11.5 Å². The largest absolute Gasteiger partial charge is 0.493 e. The molecule has 0 fully saturated rings. The lowest BCUT2D eigenvalue weighted by molar-refractivity contribution is -0.124. The fourth-order valence-corrected chi connectivity index (χ4v) is 4.55. The zero-order valence-electron chi connectivity index (χ0n) is 16.7. The van der Waals surface area contributed by atoms with E-state index in [-0.39, 0.29) is 17.9 Å². The first-order chi connectivity index (χ1) is 13.5. The first-order valence-corrected chi connectivity index (χ1v) is 10.3. The predicted molar refractivity (Wildman–Crippen MR) is 109 cm³/mol. The van der Waals surface area contributed by atoms with Gasteiger partial charge < -0.3 is 19.7 Å². The number of carbonyl (C=O) groups excluding carboxylic acids is 2. The van der Waals surface area contributed by atoms with Crippen molar-refractivity contribution in [1.82, 2.24) is 10.2 Å². The van der Waals surface area contributed by atoms with E-state index in [0.29, 0.717) is 29.2 Å². The number of thiophene rings is 1. The Morgan fingerprint density at radius 1 is 1.25 bits per heavy atom. The summed E-state index contributed by atoms with van der Waals surface area (Å²) in [6, 6.07) is 6.99. The molecule has 2 aromatic rings. The molecule has 28 heavy (non-hydrogen) atoms. The lowest BCUT2D eigenvalue weighted by Gasteiger charge is -2.39. The molecule has 0 bridgehead atoms. The number of amides is 2. The van der Waals surface area contributed by atoms with Crippen LogP contribution in [0.15, 0.2) is 29.6 Å². The average molecular weight is 403 g/mol. The highest BCUT2D eigenvalue weighted by Crippen LogP contribution is 2.46. The Kier molecular flexibility index (Phi) is 6.24. The molecule has 2 atom stereocenters. The molecule has 1 N–H and O–H groups in total. The van der Waals surface area contributed by atoms with Gasteiger partial charge in [-0.3, -0.25) is 9.59 Å². The average Bonchev–Trinajstić information content (AvgIpc) is 3.23. The second-order valence-corrected chi connectivity index (χ2v) is 7.77. The Bertz CT molecular complexity index is 850. The van der Waals surface area contributed by atoms with Gasteiger partial charge in [-0.15, -0.1) is 11.3 Å². The third-order valence-corrected chi connectivity index (χ3v) is 6.06. The Hall–Kier alpha value is -2.54. The van der Waals surface area contributed by atoms with Gasteiger partial charge >= 0.3 is 0 Å². The van der Waals surface area contributed by atoms with E-state index >= 15 is 0 Å². The maximum Gasteiger partial charge on any atom is 0.254 e. The van der Waals surface area contributed by atoms with Gasteiger partial charge in [0, 0.05) is 24.0 Å². The van der Waals surface area contributed by atoms with Gasteiger partial charge in [-0.1, -0.05) is 19.4 Å². The first kappa shape index (κ1) is 20.2. The Morgan fingerprint density at radius 3 is 2.57 bits per heavy atom. The van der Waals surface area contributed by atoms with Crippen molar-refractivity contribution >= 4 is 23.2 Å². The Labute approximate surface area is 169 Å². The normalized spacial score (nSPS) is 18.6. The summed E-state index contributed by atoms with van der Waals surface area (Å²) >= 11 is 1.55. The van der Waals surface area contributed by atoms with Crippen molar-refractivity contribution in [3.63, 3.8) is 0 Å². The number of carbonyl (C=O) groups is 2. The van der Waals surface area contributed by atoms with E-state index in [1.807, 2.05) is 17.5 Å². The van der Waals surface area contributed by atoms with E-state index < -0.39 is 5.92 Å². The van der Waals surface area contributed by atoms with Crippen LogP contribution in [0.3, 0.4) is 0 Å². The van der Waals surface area contributed by atoms with Gasteiger partial charge in [0.05, 0.1) is 26.2 Å². The summed E-state index contributed by atoms with van der Waals surface area (Å²) in [7, 11) is 4.83. The Balaban J connectivity index is 2.13. The van der Waals surface area contributed by atoms with Crippen LogP contribution < -0.4 is 14.8 Å². The molecule has 1 aliphatic rings. The second-order valence-electron chi connectivity index (χ2n) is 6.79. The maximum absolute atomic E-state index is 13.2. The lowest BCUT2D eigenvalue weighted by atomic mass is 9.81. The predicted octanol–water partition coefficient (Wildman–Crippen LogP) is 3.59. The third kappa shape index (κ3) is 3.58. The molecule has 0 saturated heterocycles. The van der Waals surface area contributed by atoms with Gasteiger partial charge in [0.15, 0.2) is 11.5 Å². The quantitative estimate of drug-likeness (QED) is 0.719. The van der Waals surface area contributed by atoms with Crippen molar-refractivity contribution < 1.29 is 19.1 Å². The summed E-state index contributed by atoms with van der Waals surface area (Å²) in [6.45, 7) is 2.70. The number of fused-ring (bicyclic) bond motifs is 1. The van der Waals surface area contributed by atoms with Crippen molar-refractivity contribution in [3.05, 3.63) is 45.6 Å². The summed E-state index contributed by atoms with van der Waals surface area (Å²) in [5, 5.41) is 5.01. The SMILES string of the molecule is CCCCNC(=O)[C@@H]1c2cc(OC)c(OC)cc2C(=O)N(C)[C@H]1c1cccs1. The van der Waals surface area contributed by atoms with Crippen LogP contribution in [0, 0.1) is 0 Å². The number of rotatable bonds is 7. The van der Waals surface area contributed by atoms with Crippen LogP contribution >= 0.6 is 11.3 Å². The van der Waals surface area contributed by atoms with Crippen LogP contribution in [-0.2, 0) is 4.79 Å². The highest BCUT2D eigenvalue weighted by molar-refractivity contribution is 7.10. The minimum Gasteiger partial charge on any atom is -0.493 e. The molecule has 0 aliphatic carbocycles. The number of likely N-dealkylation sites (N-methyl/N-ethyl adjacent to an activating group) is 1. The molecular formula is C21H26N2O4S. The van der Waals surface area contributed by atoms with Crippen LogP contribution in [0.4, 0.5) is 0 Å². The van der Waals surface area contributed by atoms with Gasteiger partial charge in [0.25, 0.3) is 5.91 Å². The number of methoxy groups -OCH3 is 2. The molecule has 0 saturated carbocycles. The van der Waals surface area contributed by atoms with E-state index in [1.165, 1.54) is 7.11 Å². The highest BCUT2D eigenvalue weighted by atomic mass is 32.1. The van der Waals surface area contributed by atoms with Crippen molar-refractivity contribution in [3.8, 4) is 11.5 Å². The van der Waals surface area contributed by atoms with Crippen molar-refractivity contribution in [2.75, 3.05) is 27.8 Å².